The molecule has 0 unspecified atom stereocenters. The van der Waals surface area contributed by atoms with Gasteiger partial charge in [-0.25, -0.2) is 18.4 Å². The monoisotopic (exact) mass is 423 g/mol. The van der Waals surface area contributed by atoms with Crippen molar-refractivity contribution in [3.05, 3.63) is 67.0 Å². The molecule has 1 aromatic heterocycles. The first-order valence-corrected chi connectivity index (χ1v) is 11.3. The first-order valence-electron chi connectivity index (χ1n) is 9.38. The maximum absolute atomic E-state index is 12.5. The maximum atomic E-state index is 12.5. The van der Waals surface area contributed by atoms with Crippen LogP contribution in [0.15, 0.2) is 67.0 Å². The predicted molar refractivity (Wildman–Crippen MR) is 117 cm³/mol. The van der Waals surface area contributed by atoms with Gasteiger partial charge in [0.05, 0.1) is 23.6 Å². The molecule has 1 saturated heterocycles. The molecule has 0 radical (unpaired) electrons. The van der Waals surface area contributed by atoms with Crippen LogP contribution in [0, 0.1) is 5.92 Å². The van der Waals surface area contributed by atoms with Crippen molar-refractivity contribution >= 4 is 33.1 Å². The van der Waals surface area contributed by atoms with Gasteiger partial charge < -0.3 is 10.2 Å². The summed E-state index contributed by atoms with van der Waals surface area (Å²) in [6.07, 6.45) is 2.61. The summed E-state index contributed by atoms with van der Waals surface area (Å²) in [5, 5.41) is 2.85. The quantitative estimate of drug-likeness (QED) is 0.632. The molecule has 0 spiro atoms. The second-order valence-electron chi connectivity index (χ2n) is 7.17. The Bertz CT molecular complexity index is 1160. The molecule has 154 valence electrons. The van der Waals surface area contributed by atoms with Crippen molar-refractivity contribution in [1.82, 2.24) is 9.97 Å². The number of aromatic nitrogens is 2. The van der Waals surface area contributed by atoms with Gasteiger partial charge in [0.2, 0.25) is 15.9 Å². The molecule has 1 aliphatic rings. The molecular weight excluding hydrogens is 402 g/mol. The standard InChI is InChI=1S/C21H21N5O3S/c1-30(28,29)25-18-9-5-8-17(10-18)24-21(27)16-12-26(13-16)20-11-19(22-14-23-20)15-6-3-2-4-7-15/h2-11,14,16,25H,12-13H2,1H3,(H,24,27). The molecule has 2 heterocycles. The van der Waals surface area contributed by atoms with E-state index in [1.165, 1.54) is 6.33 Å². The Kier molecular flexibility index (Phi) is 5.37. The van der Waals surface area contributed by atoms with Gasteiger partial charge in [0.25, 0.3) is 0 Å². The summed E-state index contributed by atoms with van der Waals surface area (Å²) in [7, 11) is -3.38. The van der Waals surface area contributed by atoms with E-state index in [-0.39, 0.29) is 11.8 Å². The molecular formula is C21H21N5O3S. The molecule has 30 heavy (non-hydrogen) atoms. The molecule has 2 N–H and O–H groups in total. The number of carbonyl (C=O) groups is 1. The van der Waals surface area contributed by atoms with Gasteiger partial charge in [-0.05, 0) is 18.2 Å². The largest absolute Gasteiger partial charge is 0.355 e. The van der Waals surface area contributed by atoms with Crippen molar-refractivity contribution in [2.45, 2.75) is 0 Å². The maximum Gasteiger partial charge on any atom is 0.231 e. The number of sulfonamides is 1. The van der Waals surface area contributed by atoms with Gasteiger partial charge in [0.15, 0.2) is 0 Å². The topological polar surface area (TPSA) is 104 Å². The van der Waals surface area contributed by atoms with Crippen LogP contribution in [0.2, 0.25) is 0 Å². The van der Waals surface area contributed by atoms with E-state index >= 15 is 0 Å². The first-order chi connectivity index (χ1) is 14.4. The van der Waals surface area contributed by atoms with Crippen molar-refractivity contribution in [1.29, 1.82) is 0 Å². The molecule has 1 aliphatic heterocycles. The lowest BCUT2D eigenvalue weighted by Crippen LogP contribution is -2.52. The van der Waals surface area contributed by atoms with Gasteiger partial charge >= 0.3 is 0 Å². The van der Waals surface area contributed by atoms with Crippen molar-refractivity contribution in [2.24, 2.45) is 5.92 Å². The van der Waals surface area contributed by atoms with Gasteiger partial charge in [-0.15, -0.1) is 0 Å². The highest BCUT2D eigenvalue weighted by atomic mass is 32.2. The van der Waals surface area contributed by atoms with E-state index in [1.807, 2.05) is 41.3 Å². The first kappa shape index (κ1) is 19.8. The number of hydrogen-bond donors (Lipinski definition) is 2. The number of hydrogen-bond acceptors (Lipinski definition) is 6. The third-order valence-electron chi connectivity index (χ3n) is 4.73. The minimum atomic E-state index is -3.38. The van der Waals surface area contributed by atoms with E-state index in [9.17, 15) is 13.2 Å². The van der Waals surface area contributed by atoms with Crippen LogP contribution in [0.4, 0.5) is 17.2 Å². The van der Waals surface area contributed by atoms with E-state index in [1.54, 1.807) is 24.3 Å². The van der Waals surface area contributed by atoms with Crippen LogP contribution in [0.25, 0.3) is 11.3 Å². The molecule has 4 rings (SSSR count). The van der Waals surface area contributed by atoms with Gasteiger partial charge in [-0.1, -0.05) is 36.4 Å². The second-order valence-corrected chi connectivity index (χ2v) is 8.92. The third-order valence-corrected chi connectivity index (χ3v) is 5.34. The van der Waals surface area contributed by atoms with Crippen molar-refractivity contribution in [3.8, 4) is 11.3 Å². The molecule has 8 nitrogen and oxygen atoms in total. The Morgan fingerprint density at radius 3 is 2.47 bits per heavy atom. The highest BCUT2D eigenvalue weighted by Gasteiger charge is 2.33. The molecule has 0 bridgehead atoms. The summed E-state index contributed by atoms with van der Waals surface area (Å²) in [6, 6.07) is 18.4. The average Bonchev–Trinajstić information content (AvgIpc) is 2.67. The van der Waals surface area contributed by atoms with Gasteiger partial charge in [0, 0.05) is 30.4 Å². The van der Waals surface area contributed by atoms with E-state index in [0.29, 0.717) is 24.5 Å². The van der Waals surface area contributed by atoms with Crippen LogP contribution in [-0.2, 0) is 14.8 Å². The fourth-order valence-electron chi connectivity index (χ4n) is 3.24. The minimum absolute atomic E-state index is 0.111. The van der Waals surface area contributed by atoms with Crippen LogP contribution in [-0.4, -0.2) is 43.6 Å². The lowest BCUT2D eigenvalue weighted by Gasteiger charge is -2.39. The second kappa shape index (κ2) is 8.11. The van der Waals surface area contributed by atoms with E-state index in [2.05, 4.69) is 20.0 Å². The lowest BCUT2D eigenvalue weighted by molar-refractivity contribution is -0.120. The molecule has 1 fully saturated rings. The van der Waals surface area contributed by atoms with Crippen LogP contribution in [0.3, 0.4) is 0 Å². The highest BCUT2D eigenvalue weighted by molar-refractivity contribution is 7.92. The van der Waals surface area contributed by atoms with E-state index in [4.69, 9.17) is 0 Å². The number of carbonyl (C=O) groups excluding carboxylic acids is 1. The Morgan fingerprint density at radius 2 is 1.73 bits per heavy atom. The molecule has 0 aliphatic carbocycles. The zero-order valence-electron chi connectivity index (χ0n) is 16.3. The van der Waals surface area contributed by atoms with Crippen molar-refractivity contribution in [3.63, 3.8) is 0 Å². The van der Waals surface area contributed by atoms with Crippen molar-refractivity contribution in [2.75, 3.05) is 34.3 Å². The molecule has 1 amide bonds. The molecule has 0 saturated carbocycles. The number of anilines is 3. The molecule has 0 atom stereocenters. The number of nitrogens with zero attached hydrogens (tertiary/aromatic N) is 3. The van der Waals surface area contributed by atoms with E-state index in [0.717, 1.165) is 23.3 Å². The summed E-state index contributed by atoms with van der Waals surface area (Å²) >= 11 is 0. The zero-order valence-corrected chi connectivity index (χ0v) is 17.1. The smallest absolute Gasteiger partial charge is 0.231 e. The summed E-state index contributed by atoms with van der Waals surface area (Å²) in [5.74, 6) is 0.499. The van der Waals surface area contributed by atoms with Crippen LogP contribution >= 0.6 is 0 Å². The highest BCUT2D eigenvalue weighted by Crippen LogP contribution is 2.27. The Hall–Kier alpha value is -3.46. The fourth-order valence-corrected chi connectivity index (χ4v) is 3.79. The Balaban J connectivity index is 1.37. The number of rotatable bonds is 6. The Labute approximate surface area is 175 Å². The van der Waals surface area contributed by atoms with E-state index < -0.39 is 10.0 Å². The summed E-state index contributed by atoms with van der Waals surface area (Å²) < 4.78 is 25.1. The number of amides is 1. The van der Waals surface area contributed by atoms with Gasteiger partial charge in [-0.3, -0.25) is 9.52 Å². The summed E-state index contributed by atoms with van der Waals surface area (Å²) in [5.41, 5.74) is 2.79. The molecule has 3 aromatic rings. The zero-order chi connectivity index (χ0) is 21.1. The normalized spacial score (nSPS) is 14.1. The number of nitrogens with one attached hydrogen (secondary N) is 2. The molecule has 2 aromatic carbocycles. The third kappa shape index (κ3) is 4.74. The summed E-state index contributed by atoms with van der Waals surface area (Å²) in [4.78, 5) is 23.2. The van der Waals surface area contributed by atoms with Gasteiger partial charge in [-0.2, -0.15) is 0 Å². The summed E-state index contributed by atoms with van der Waals surface area (Å²) in [6.45, 7) is 1.11. The van der Waals surface area contributed by atoms with Crippen molar-refractivity contribution < 1.29 is 13.2 Å². The van der Waals surface area contributed by atoms with Crippen LogP contribution in [0.5, 0.6) is 0 Å². The lowest BCUT2D eigenvalue weighted by atomic mass is 9.99. The predicted octanol–water partition coefficient (Wildman–Crippen LogP) is 2.59. The fraction of sp³-hybridized carbons (Fsp3) is 0.190. The Morgan fingerprint density at radius 1 is 1.00 bits per heavy atom. The molecule has 9 heteroatoms. The van der Waals surface area contributed by atoms with Crippen LogP contribution < -0.4 is 14.9 Å². The average molecular weight is 423 g/mol. The minimum Gasteiger partial charge on any atom is -0.355 e. The SMILES string of the molecule is CS(=O)(=O)Nc1cccc(NC(=O)C2CN(c3cc(-c4ccccc4)ncn3)C2)c1. The number of benzene rings is 2. The van der Waals surface area contributed by atoms with Gasteiger partial charge in [0.1, 0.15) is 12.1 Å². The van der Waals surface area contributed by atoms with Crippen LogP contribution in [0.1, 0.15) is 0 Å².